The summed E-state index contributed by atoms with van der Waals surface area (Å²) in [5.74, 6) is 0. The summed E-state index contributed by atoms with van der Waals surface area (Å²) in [7, 11) is 0. The predicted octanol–water partition coefficient (Wildman–Crippen LogP) is 3.53. The minimum absolute atomic E-state index is 0.0163. The van der Waals surface area contributed by atoms with Crippen LogP contribution in [0.3, 0.4) is 0 Å². The summed E-state index contributed by atoms with van der Waals surface area (Å²) in [5.41, 5.74) is 3.69. The number of carbonyl (C=O) groups excluding carboxylic acids is 1. The number of hydrogen-bond acceptors (Lipinski definition) is 2. The maximum Gasteiger partial charge on any atom is 0.263 e. The van der Waals surface area contributed by atoms with Gasteiger partial charge in [-0.1, -0.05) is 17.7 Å². The Kier molecular flexibility index (Phi) is 4.09. The number of carbonyl (C=O) groups is 1. The molecule has 0 unspecified atom stereocenters. The molecule has 104 valence electrons. The third-order valence-electron chi connectivity index (χ3n) is 3.37. The maximum atomic E-state index is 12.3. The van der Waals surface area contributed by atoms with Crippen LogP contribution in [0.1, 0.15) is 28.4 Å². The van der Waals surface area contributed by atoms with Crippen LogP contribution in [0.15, 0.2) is 35.1 Å². The Morgan fingerprint density at radius 3 is 2.50 bits per heavy atom. The lowest BCUT2D eigenvalue weighted by atomic mass is 10.0. The highest BCUT2D eigenvalue weighted by molar-refractivity contribution is 6.67. The fourth-order valence-electron chi connectivity index (χ4n) is 2.29. The second-order valence-electron chi connectivity index (χ2n) is 4.77. The third-order valence-corrected chi connectivity index (χ3v) is 3.57. The van der Waals surface area contributed by atoms with Gasteiger partial charge in [0.2, 0.25) is 0 Å². The van der Waals surface area contributed by atoms with Crippen molar-refractivity contribution in [1.82, 2.24) is 4.57 Å². The number of aryl methyl sites for hydroxylation is 2. The Balaban J connectivity index is 2.75. The van der Waals surface area contributed by atoms with Gasteiger partial charge in [-0.05, 0) is 56.1 Å². The van der Waals surface area contributed by atoms with E-state index >= 15 is 0 Å². The summed E-state index contributed by atoms with van der Waals surface area (Å²) in [5, 5.41) is -0.718. The van der Waals surface area contributed by atoms with Crippen LogP contribution in [0, 0.1) is 13.8 Å². The molecule has 1 aromatic heterocycles. The molecule has 0 amide bonds. The Labute approximate surface area is 122 Å². The van der Waals surface area contributed by atoms with Crippen molar-refractivity contribution in [3.63, 3.8) is 0 Å². The van der Waals surface area contributed by atoms with Crippen LogP contribution in [-0.2, 0) is 6.54 Å². The van der Waals surface area contributed by atoms with E-state index in [9.17, 15) is 9.59 Å². The molecule has 20 heavy (non-hydrogen) atoms. The van der Waals surface area contributed by atoms with Gasteiger partial charge in [0.15, 0.2) is 0 Å². The van der Waals surface area contributed by atoms with Gasteiger partial charge >= 0.3 is 0 Å². The molecule has 0 aliphatic carbocycles. The summed E-state index contributed by atoms with van der Waals surface area (Å²) in [6, 6.07) is 9.38. The minimum Gasteiger partial charge on any atom is -0.308 e. The first-order chi connectivity index (χ1) is 9.45. The topological polar surface area (TPSA) is 39.1 Å². The minimum atomic E-state index is -0.718. The van der Waals surface area contributed by atoms with Crippen LogP contribution in [0.2, 0.25) is 0 Å². The van der Waals surface area contributed by atoms with Crippen LogP contribution in [0.4, 0.5) is 0 Å². The molecule has 0 aliphatic heterocycles. The Bertz CT molecular complexity index is 732. The highest BCUT2D eigenvalue weighted by atomic mass is 35.5. The highest BCUT2D eigenvalue weighted by Gasteiger charge is 2.14. The Morgan fingerprint density at radius 1 is 1.20 bits per heavy atom. The van der Waals surface area contributed by atoms with Gasteiger partial charge in [-0.3, -0.25) is 9.59 Å². The van der Waals surface area contributed by atoms with Crippen LogP contribution < -0.4 is 5.56 Å². The molecule has 0 aliphatic rings. The van der Waals surface area contributed by atoms with E-state index in [1.165, 1.54) is 6.07 Å². The summed E-state index contributed by atoms with van der Waals surface area (Å²) in [6.07, 6.45) is 0. The van der Waals surface area contributed by atoms with E-state index in [0.29, 0.717) is 6.54 Å². The number of pyridine rings is 1. The number of nitrogens with zero attached hydrogens (tertiary/aromatic N) is 1. The summed E-state index contributed by atoms with van der Waals surface area (Å²) in [4.78, 5) is 23.5. The molecule has 0 saturated heterocycles. The fourth-order valence-corrected chi connectivity index (χ4v) is 2.43. The summed E-state index contributed by atoms with van der Waals surface area (Å²) >= 11 is 5.44. The molecule has 3 nitrogen and oxygen atoms in total. The third kappa shape index (κ3) is 2.54. The molecular weight excluding hydrogens is 274 g/mol. The number of aromatic nitrogens is 1. The molecule has 0 bridgehead atoms. The van der Waals surface area contributed by atoms with E-state index in [-0.39, 0.29) is 11.1 Å². The molecule has 4 heteroatoms. The van der Waals surface area contributed by atoms with Crippen molar-refractivity contribution >= 4 is 16.8 Å². The zero-order valence-electron chi connectivity index (χ0n) is 11.7. The molecule has 0 atom stereocenters. The van der Waals surface area contributed by atoms with E-state index < -0.39 is 5.24 Å². The Hall–Kier alpha value is -1.87. The van der Waals surface area contributed by atoms with Crippen molar-refractivity contribution in [3.8, 4) is 11.3 Å². The van der Waals surface area contributed by atoms with Crippen molar-refractivity contribution in [3.05, 3.63) is 57.4 Å². The molecule has 0 saturated carbocycles. The average molecular weight is 290 g/mol. The zero-order valence-corrected chi connectivity index (χ0v) is 12.5. The highest BCUT2D eigenvalue weighted by Crippen LogP contribution is 2.24. The lowest BCUT2D eigenvalue weighted by molar-refractivity contribution is 0.107. The smallest absolute Gasteiger partial charge is 0.263 e. The second-order valence-corrected chi connectivity index (χ2v) is 5.12. The van der Waals surface area contributed by atoms with Crippen LogP contribution in [-0.4, -0.2) is 9.81 Å². The van der Waals surface area contributed by atoms with Gasteiger partial charge in [0.05, 0.1) is 11.3 Å². The van der Waals surface area contributed by atoms with E-state index in [4.69, 9.17) is 11.6 Å². The average Bonchev–Trinajstić information content (AvgIpc) is 2.40. The van der Waals surface area contributed by atoms with Crippen molar-refractivity contribution < 1.29 is 4.79 Å². The van der Waals surface area contributed by atoms with Gasteiger partial charge in [-0.25, -0.2) is 0 Å². The molecule has 2 aromatic rings. The van der Waals surface area contributed by atoms with Crippen molar-refractivity contribution in [1.29, 1.82) is 0 Å². The SMILES string of the molecule is CCn1c(-c2cc(C)ccc2C)ccc(C(=O)Cl)c1=O. The monoisotopic (exact) mass is 289 g/mol. The molecule has 0 radical (unpaired) electrons. The number of rotatable bonds is 3. The number of hydrogen-bond donors (Lipinski definition) is 0. The second kappa shape index (κ2) is 5.63. The van der Waals surface area contributed by atoms with Crippen LogP contribution >= 0.6 is 11.6 Å². The van der Waals surface area contributed by atoms with Gasteiger partial charge in [0.25, 0.3) is 10.8 Å². The maximum absolute atomic E-state index is 12.3. The van der Waals surface area contributed by atoms with Gasteiger partial charge < -0.3 is 4.57 Å². The lowest BCUT2D eigenvalue weighted by Crippen LogP contribution is -2.25. The molecule has 2 rings (SSSR count). The standard InChI is InChI=1S/C16H16ClNO2/c1-4-18-14(8-7-12(15(17)19)16(18)20)13-9-10(2)5-6-11(13)3/h5-9H,4H2,1-3H3. The fraction of sp³-hybridized carbons (Fsp3) is 0.250. The molecule has 1 heterocycles. The van der Waals surface area contributed by atoms with Crippen molar-refractivity contribution in [2.75, 3.05) is 0 Å². The summed E-state index contributed by atoms with van der Waals surface area (Å²) in [6.45, 7) is 6.37. The lowest BCUT2D eigenvalue weighted by Gasteiger charge is -2.14. The van der Waals surface area contributed by atoms with Crippen molar-refractivity contribution in [2.24, 2.45) is 0 Å². The van der Waals surface area contributed by atoms with Gasteiger partial charge in [0, 0.05) is 12.1 Å². The van der Waals surface area contributed by atoms with Gasteiger partial charge in [-0.2, -0.15) is 0 Å². The number of benzene rings is 1. The predicted molar refractivity (Wildman–Crippen MR) is 81.5 cm³/mol. The quantitative estimate of drug-likeness (QED) is 0.811. The van der Waals surface area contributed by atoms with E-state index in [0.717, 1.165) is 22.4 Å². The first-order valence-electron chi connectivity index (χ1n) is 6.47. The van der Waals surface area contributed by atoms with Crippen LogP contribution in [0.5, 0.6) is 0 Å². The van der Waals surface area contributed by atoms with E-state index in [1.807, 2.05) is 39.0 Å². The molecule has 0 fully saturated rings. The van der Waals surface area contributed by atoms with E-state index in [2.05, 4.69) is 0 Å². The van der Waals surface area contributed by atoms with Crippen LogP contribution in [0.25, 0.3) is 11.3 Å². The first-order valence-corrected chi connectivity index (χ1v) is 6.84. The first kappa shape index (κ1) is 14.5. The molecule has 1 aromatic carbocycles. The normalized spacial score (nSPS) is 10.6. The number of halogens is 1. The van der Waals surface area contributed by atoms with Crippen molar-refractivity contribution in [2.45, 2.75) is 27.3 Å². The van der Waals surface area contributed by atoms with Gasteiger partial charge in [-0.15, -0.1) is 0 Å². The van der Waals surface area contributed by atoms with Gasteiger partial charge in [0.1, 0.15) is 0 Å². The largest absolute Gasteiger partial charge is 0.308 e. The molecule has 0 N–H and O–H groups in total. The summed E-state index contributed by atoms with van der Waals surface area (Å²) < 4.78 is 1.58. The Morgan fingerprint density at radius 2 is 1.90 bits per heavy atom. The van der Waals surface area contributed by atoms with E-state index in [1.54, 1.807) is 10.6 Å². The molecular formula is C16H16ClNO2. The zero-order chi connectivity index (χ0) is 14.9. The molecule has 0 spiro atoms.